The fourth-order valence-electron chi connectivity index (χ4n) is 1.74. The van der Waals surface area contributed by atoms with Gasteiger partial charge in [0.2, 0.25) is 5.89 Å². The smallest absolute Gasteiger partial charge is 0.239 e. The summed E-state index contributed by atoms with van der Waals surface area (Å²) in [6, 6.07) is 10.4. The molecule has 0 spiro atoms. The van der Waals surface area contributed by atoms with E-state index in [1.54, 1.807) is 0 Å². The van der Waals surface area contributed by atoms with Crippen LogP contribution in [0.4, 0.5) is 0 Å². The van der Waals surface area contributed by atoms with Crippen LogP contribution in [0, 0.1) is 0 Å². The van der Waals surface area contributed by atoms with E-state index in [2.05, 4.69) is 48.3 Å². The summed E-state index contributed by atoms with van der Waals surface area (Å²) < 4.78 is 5.33. The van der Waals surface area contributed by atoms with E-state index in [4.69, 9.17) is 4.52 Å². The lowest BCUT2D eigenvalue weighted by atomic mass is 10.2. The molecule has 0 aliphatic carbocycles. The molecule has 3 nitrogen and oxygen atoms in total. The molecule has 0 saturated heterocycles. The first-order valence-electron chi connectivity index (χ1n) is 6.77. The fourth-order valence-corrected chi connectivity index (χ4v) is 2.61. The van der Waals surface area contributed by atoms with Crippen LogP contribution in [0.15, 0.2) is 34.9 Å². The molecule has 0 fully saturated rings. The predicted octanol–water partition coefficient (Wildman–Crippen LogP) is 4.41. The summed E-state index contributed by atoms with van der Waals surface area (Å²) in [4.78, 5) is 4.46. The molecule has 0 radical (unpaired) electrons. The number of hydrogen-bond acceptors (Lipinski definition) is 4. The summed E-state index contributed by atoms with van der Waals surface area (Å²) >= 11 is 1.82. The van der Waals surface area contributed by atoms with Gasteiger partial charge in [-0.3, -0.25) is 0 Å². The van der Waals surface area contributed by atoms with Crippen LogP contribution in [0.3, 0.4) is 0 Å². The van der Waals surface area contributed by atoms with Crippen molar-refractivity contribution in [1.29, 1.82) is 0 Å². The van der Waals surface area contributed by atoms with E-state index in [0.717, 1.165) is 36.7 Å². The second kappa shape index (κ2) is 7.34. The van der Waals surface area contributed by atoms with Crippen molar-refractivity contribution in [2.24, 2.45) is 0 Å². The molecule has 0 aliphatic rings. The molecule has 1 aromatic carbocycles. The topological polar surface area (TPSA) is 38.9 Å². The molecular formula is C15H20N2OS. The third kappa shape index (κ3) is 4.39. The minimum absolute atomic E-state index is 0.239. The van der Waals surface area contributed by atoms with Gasteiger partial charge in [-0.05, 0) is 18.9 Å². The zero-order valence-corrected chi connectivity index (χ0v) is 12.3. The number of aryl methyl sites for hydroxylation is 1. The van der Waals surface area contributed by atoms with Gasteiger partial charge in [-0.15, -0.1) is 11.8 Å². The number of rotatable bonds is 7. The van der Waals surface area contributed by atoms with E-state index in [9.17, 15) is 0 Å². The molecule has 1 atom stereocenters. The number of hydrogen-bond donors (Lipinski definition) is 0. The van der Waals surface area contributed by atoms with Crippen LogP contribution in [0.25, 0.3) is 0 Å². The molecule has 4 heteroatoms. The zero-order valence-electron chi connectivity index (χ0n) is 11.5. The highest BCUT2D eigenvalue weighted by Crippen LogP contribution is 2.29. The predicted molar refractivity (Wildman–Crippen MR) is 79.1 cm³/mol. The summed E-state index contributed by atoms with van der Waals surface area (Å²) in [6.45, 7) is 4.28. The van der Waals surface area contributed by atoms with Gasteiger partial charge in [-0.25, -0.2) is 0 Å². The van der Waals surface area contributed by atoms with Gasteiger partial charge in [-0.1, -0.05) is 48.8 Å². The quantitative estimate of drug-likeness (QED) is 0.751. The maximum absolute atomic E-state index is 5.33. The summed E-state index contributed by atoms with van der Waals surface area (Å²) in [5, 5.41) is 4.27. The third-order valence-electron chi connectivity index (χ3n) is 2.93. The average Bonchev–Trinajstić information content (AvgIpc) is 2.92. The summed E-state index contributed by atoms with van der Waals surface area (Å²) in [6.07, 6.45) is 3.18. The molecule has 0 bridgehead atoms. The third-order valence-corrected chi connectivity index (χ3v) is 4.13. The van der Waals surface area contributed by atoms with E-state index >= 15 is 0 Å². The van der Waals surface area contributed by atoms with Gasteiger partial charge in [0, 0.05) is 12.2 Å². The highest BCUT2D eigenvalue weighted by atomic mass is 32.2. The Balaban J connectivity index is 1.85. The van der Waals surface area contributed by atoms with E-state index in [-0.39, 0.29) is 5.25 Å². The Morgan fingerprint density at radius 1 is 1.26 bits per heavy atom. The number of aromatic nitrogens is 2. The molecule has 1 aromatic heterocycles. The van der Waals surface area contributed by atoms with Gasteiger partial charge in [0.15, 0.2) is 5.82 Å². The van der Waals surface area contributed by atoms with Crippen molar-refractivity contribution in [3.05, 3.63) is 47.6 Å². The van der Waals surface area contributed by atoms with E-state index in [1.807, 2.05) is 17.8 Å². The molecule has 0 saturated carbocycles. The van der Waals surface area contributed by atoms with Crippen LogP contribution in [0.5, 0.6) is 0 Å². The molecule has 102 valence electrons. The summed E-state index contributed by atoms with van der Waals surface area (Å²) in [5.41, 5.74) is 1.32. The minimum atomic E-state index is 0.239. The van der Waals surface area contributed by atoms with Gasteiger partial charge in [0.05, 0.1) is 5.25 Å². The number of nitrogens with zero attached hydrogens (tertiary/aromatic N) is 2. The van der Waals surface area contributed by atoms with E-state index in [1.165, 1.54) is 5.56 Å². The van der Waals surface area contributed by atoms with Gasteiger partial charge in [-0.2, -0.15) is 4.98 Å². The standard InChI is InChI=1S/C15H20N2OS/c1-3-4-10-14-16-15(18-17-14)12(2)19-11-13-8-6-5-7-9-13/h5-9,12H,3-4,10-11H2,1-2H3. The first-order valence-corrected chi connectivity index (χ1v) is 7.82. The zero-order chi connectivity index (χ0) is 13.5. The van der Waals surface area contributed by atoms with Crippen LogP contribution in [-0.4, -0.2) is 10.1 Å². The Morgan fingerprint density at radius 2 is 2.05 bits per heavy atom. The molecular weight excluding hydrogens is 256 g/mol. The Hall–Kier alpha value is -1.29. The molecule has 0 aliphatic heterocycles. The summed E-state index contributed by atoms with van der Waals surface area (Å²) in [5.74, 6) is 2.55. The molecule has 2 rings (SSSR count). The van der Waals surface area contributed by atoms with Gasteiger partial charge in [0.1, 0.15) is 0 Å². The van der Waals surface area contributed by atoms with Crippen molar-refractivity contribution in [2.45, 2.75) is 44.1 Å². The van der Waals surface area contributed by atoms with Crippen LogP contribution in [-0.2, 0) is 12.2 Å². The summed E-state index contributed by atoms with van der Waals surface area (Å²) in [7, 11) is 0. The number of unbranched alkanes of at least 4 members (excludes halogenated alkanes) is 1. The van der Waals surface area contributed by atoms with E-state index in [0.29, 0.717) is 0 Å². The van der Waals surface area contributed by atoms with Gasteiger partial charge < -0.3 is 4.52 Å². The normalized spacial score (nSPS) is 12.5. The lowest BCUT2D eigenvalue weighted by Gasteiger charge is -2.05. The lowest BCUT2D eigenvalue weighted by Crippen LogP contribution is -1.92. The maximum atomic E-state index is 5.33. The van der Waals surface area contributed by atoms with Crippen LogP contribution >= 0.6 is 11.8 Å². The molecule has 0 amide bonds. The molecule has 19 heavy (non-hydrogen) atoms. The van der Waals surface area contributed by atoms with Gasteiger partial charge in [0.25, 0.3) is 0 Å². The van der Waals surface area contributed by atoms with Crippen molar-refractivity contribution in [1.82, 2.24) is 10.1 Å². The van der Waals surface area contributed by atoms with Gasteiger partial charge >= 0.3 is 0 Å². The van der Waals surface area contributed by atoms with Crippen molar-refractivity contribution < 1.29 is 4.52 Å². The molecule has 1 heterocycles. The Bertz CT molecular complexity index is 484. The van der Waals surface area contributed by atoms with E-state index < -0.39 is 0 Å². The van der Waals surface area contributed by atoms with Crippen molar-refractivity contribution in [3.63, 3.8) is 0 Å². The van der Waals surface area contributed by atoms with Crippen molar-refractivity contribution in [2.75, 3.05) is 0 Å². The number of thioether (sulfide) groups is 1. The Morgan fingerprint density at radius 3 is 2.79 bits per heavy atom. The first kappa shape index (κ1) is 14.1. The van der Waals surface area contributed by atoms with Crippen molar-refractivity contribution in [3.8, 4) is 0 Å². The Kier molecular flexibility index (Phi) is 5.45. The Labute approximate surface area is 118 Å². The molecule has 1 unspecified atom stereocenters. The number of benzene rings is 1. The lowest BCUT2D eigenvalue weighted by molar-refractivity contribution is 0.374. The molecule has 0 N–H and O–H groups in total. The van der Waals surface area contributed by atoms with Crippen LogP contribution < -0.4 is 0 Å². The SMILES string of the molecule is CCCCc1noc(C(C)SCc2ccccc2)n1. The second-order valence-corrected chi connectivity index (χ2v) is 5.92. The second-order valence-electron chi connectivity index (χ2n) is 4.59. The highest BCUT2D eigenvalue weighted by Gasteiger charge is 2.14. The fraction of sp³-hybridized carbons (Fsp3) is 0.467. The first-order chi connectivity index (χ1) is 9.29. The van der Waals surface area contributed by atoms with Crippen LogP contribution in [0.2, 0.25) is 0 Å². The monoisotopic (exact) mass is 276 g/mol. The largest absolute Gasteiger partial charge is 0.338 e. The van der Waals surface area contributed by atoms with Crippen molar-refractivity contribution >= 4 is 11.8 Å². The molecule has 2 aromatic rings. The highest BCUT2D eigenvalue weighted by molar-refractivity contribution is 7.98. The van der Waals surface area contributed by atoms with Crippen LogP contribution in [0.1, 0.15) is 49.2 Å². The maximum Gasteiger partial charge on any atom is 0.239 e. The minimum Gasteiger partial charge on any atom is -0.338 e. The average molecular weight is 276 g/mol.